The quantitative estimate of drug-likeness (QED) is 0.689. The number of hydrogen-bond donors (Lipinski definition) is 2. The molecule has 0 spiro atoms. The molecule has 138 valence electrons. The number of amides is 2. The first kappa shape index (κ1) is 19.1. The van der Waals surface area contributed by atoms with Gasteiger partial charge < -0.3 is 10.6 Å². The number of carbonyl (C=O) groups excluding carboxylic acids is 2. The number of para-hydroxylation sites is 1. The predicted octanol–water partition coefficient (Wildman–Crippen LogP) is 4.42. The van der Waals surface area contributed by atoms with Crippen LogP contribution < -0.4 is 10.6 Å². The van der Waals surface area contributed by atoms with E-state index in [0.29, 0.717) is 22.0 Å². The lowest BCUT2D eigenvalue weighted by atomic mass is 10.2. The fourth-order valence-corrected chi connectivity index (χ4v) is 2.74. The number of aromatic nitrogens is 1. The van der Waals surface area contributed by atoms with Crippen LogP contribution in [0, 0.1) is 18.3 Å². The third kappa shape index (κ3) is 4.34. The Labute approximate surface area is 166 Å². The van der Waals surface area contributed by atoms with Crippen LogP contribution in [0.1, 0.15) is 32.1 Å². The summed E-state index contributed by atoms with van der Waals surface area (Å²) in [7, 11) is 0. The second-order valence-corrected chi connectivity index (χ2v) is 6.37. The highest BCUT2D eigenvalue weighted by Gasteiger charge is 2.14. The Morgan fingerprint density at radius 2 is 1.57 bits per heavy atom. The normalized spacial score (nSPS) is 10.0. The van der Waals surface area contributed by atoms with Gasteiger partial charge in [0.15, 0.2) is 0 Å². The molecular formula is C21H15ClN4O2. The highest BCUT2D eigenvalue weighted by molar-refractivity contribution is 6.30. The fourth-order valence-electron chi connectivity index (χ4n) is 2.52. The standard InChI is InChI=1S/C21H15ClN4O2/c1-13-11-15(22)9-10-16(13)25-20(27)18-7-4-8-19(24-18)21(28)26-17-6-3-2-5-14(17)12-23/h2-11H,1H3,(H,25,27)(H,26,28). The number of hydrogen-bond acceptors (Lipinski definition) is 4. The van der Waals surface area contributed by atoms with Crippen molar-refractivity contribution in [3.8, 4) is 6.07 Å². The van der Waals surface area contributed by atoms with Gasteiger partial charge in [-0.25, -0.2) is 4.98 Å². The van der Waals surface area contributed by atoms with Crippen LogP contribution in [0.25, 0.3) is 0 Å². The van der Waals surface area contributed by atoms with Gasteiger partial charge in [0, 0.05) is 10.7 Å². The molecule has 28 heavy (non-hydrogen) atoms. The summed E-state index contributed by atoms with van der Waals surface area (Å²) >= 11 is 5.92. The van der Waals surface area contributed by atoms with Gasteiger partial charge in [0.25, 0.3) is 11.8 Å². The molecule has 0 bridgehead atoms. The van der Waals surface area contributed by atoms with Crippen molar-refractivity contribution in [1.29, 1.82) is 5.26 Å². The molecule has 6 nitrogen and oxygen atoms in total. The molecule has 0 saturated heterocycles. The van der Waals surface area contributed by atoms with Gasteiger partial charge in [-0.2, -0.15) is 5.26 Å². The van der Waals surface area contributed by atoms with Crippen LogP contribution in [0.3, 0.4) is 0 Å². The first-order valence-corrected chi connectivity index (χ1v) is 8.71. The van der Waals surface area contributed by atoms with Crippen LogP contribution in [0.4, 0.5) is 11.4 Å². The number of anilines is 2. The Balaban J connectivity index is 1.78. The van der Waals surface area contributed by atoms with Gasteiger partial charge >= 0.3 is 0 Å². The average molecular weight is 391 g/mol. The van der Waals surface area contributed by atoms with Crippen molar-refractivity contribution < 1.29 is 9.59 Å². The van der Waals surface area contributed by atoms with Crippen molar-refractivity contribution in [2.24, 2.45) is 0 Å². The third-order valence-corrected chi connectivity index (χ3v) is 4.18. The van der Waals surface area contributed by atoms with Crippen molar-refractivity contribution in [2.45, 2.75) is 6.92 Å². The number of nitrogens with one attached hydrogen (secondary N) is 2. The molecule has 0 aliphatic heterocycles. The molecule has 0 unspecified atom stereocenters. The summed E-state index contributed by atoms with van der Waals surface area (Å²) < 4.78 is 0. The van der Waals surface area contributed by atoms with E-state index < -0.39 is 11.8 Å². The summed E-state index contributed by atoms with van der Waals surface area (Å²) in [6, 6.07) is 18.3. The van der Waals surface area contributed by atoms with Crippen LogP contribution in [0.15, 0.2) is 60.7 Å². The number of halogens is 1. The summed E-state index contributed by atoms with van der Waals surface area (Å²) in [4.78, 5) is 29.1. The molecule has 3 aromatic rings. The van der Waals surface area contributed by atoms with E-state index in [1.165, 1.54) is 12.1 Å². The highest BCUT2D eigenvalue weighted by Crippen LogP contribution is 2.20. The van der Waals surface area contributed by atoms with Gasteiger partial charge in [-0.15, -0.1) is 0 Å². The minimum Gasteiger partial charge on any atom is -0.320 e. The van der Waals surface area contributed by atoms with E-state index in [-0.39, 0.29) is 11.4 Å². The van der Waals surface area contributed by atoms with E-state index in [0.717, 1.165) is 5.56 Å². The Morgan fingerprint density at radius 1 is 0.929 bits per heavy atom. The van der Waals surface area contributed by atoms with Gasteiger partial charge in [0.2, 0.25) is 0 Å². The van der Waals surface area contributed by atoms with Crippen LogP contribution in [0.2, 0.25) is 5.02 Å². The zero-order valence-electron chi connectivity index (χ0n) is 14.9. The van der Waals surface area contributed by atoms with Gasteiger partial charge in [0.1, 0.15) is 17.5 Å². The Kier molecular flexibility index (Phi) is 5.68. The molecule has 2 amide bonds. The average Bonchev–Trinajstić information content (AvgIpc) is 2.70. The zero-order chi connectivity index (χ0) is 20.1. The molecule has 1 heterocycles. The molecule has 0 radical (unpaired) electrons. The van der Waals surface area contributed by atoms with Gasteiger partial charge in [-0.1, -0.05) is 29.8 Å². The Hall–Kier alpha value is -3.69. The lowest BCUT2D eigenvalue weighted by Crippen LogP contribution is -2.19. The number of benzene rings is 2. The summed E-state index contributed by atoms with van der Waals surface area (Å²) in [5, 5.41) is 15.1. The molecule has 0 aliphatic carbocycles. The lowest BCUT2D eigenvalue weighted by molar-refractivity contribution is 0.101. The van der Waals surface area contributed by atoms with Crippen LogP contribution in [-0.4, -0.2) is 16.8 Å². The second kappa shape index (κ2) is 8.33. The molecule has 1 aromatic heterocycles. The number of pyridine rings is 1. The smallest absolute Gasteiger partial charge is 0.274 e. The largest absolute Gasteiger partial charge is 0.320 e. The SMILES string of the molecule is Cc1cc(Cl)ccc1NC(=O)c1cccc(C(=O)Nc2ccccc2C#N)n1. The molecular weight excluding hydrogens is 376 g/mol. The van der Waals surface area contributed by atoms with Crippen molar-refractivity contribution >= 4 is 34.8 Å². The summed E-state index contributed by atoms with van der Waals surface area (Å²) in [5.74, 6) is -0.961. The maximum absolute atomic E-state index is 12.5. The minimum atomic E-state index is -0.514. The van der Waals surface area contributed by atoms with E-state index in [4.69, 9.17) is 16.9 Å². The molecule has 7 heteroatoms. The molecule has 3 rings (SSSR count). The topological polar surface area (TPSA) is 94.9 Å². The van der Waals surface area contributed by atoms with Gasteiger partial charge in [0.05, 0.1) is 11.3 Å². The molecule has 0 atom stereocenters. The Morgan fingerprint density at radius 3 is 2.21 bits per heavy atom. The van der Waals surface area contributed by atoms with E-state index in [1.54, 1.807) is 48.5 Å². The number of aryl methyl sites for hydroxylation is 1. The molecule has 0 aliphatic rings. The van der Waals surface area contributed by atoms with Crippen molar-refractivity contribution in [2.75, 3.05) is 10.6 Å². The molecule has 2 aromatic carbocycles. The number of nitriles is 1. The highest BCUT2D eigenvalue weighted by atomic mass is 35.5. The summed E-state index contributed by atoms with van der Waals surface area (Å²) in [5.41, 5.74) is 2.28. The first-order chi connectivity index (χ1) is 13.5. The van der Waals surface area contributed by atoms with Crippen molar-refractivity contribution in [3.05, 3.63) is 88.2 Å². The maximum Gasteiger partial charge on any atom is 0.274 e. The maximum atomic E-state index is 12.5. The molecule has 0 fully saturated rings. The van der Waals surface area contributed by atoms with E-state index in [2.05, 4.69) is 15.6 Å². The lowest BCUT2D eigenvalue weighted by Gasteiger charge is -2.10. The first-order valence-electron chi connectivity index (χ1n) is 8.33. The molecule has 2 N–H and O–H groups in total. The fraction of sp³-hybridized carbons (Fsp3) is 0.0476. The van der Waals surface area contributed by atoms with Crippen LogP contribution in [-0.2, 0) is 0 Å². The monoisotopic (exact) mass is 390 g/mol. The molecule has 0 saturated carbocycles. The van der Waals surface area contributed by atoms with E-state index in [9.17, 15) is 9.59 Å². The van der Waals surface area contributed by atoms with Crippen LogP contribution >= 0.6 is 11.6 Å². The van der Waals surface area contributed by atoms with Crippen molar-refractivity contribution in [3.63, 3.8) is 0 Å². The second-order valence-electron chi connectivity index (χ2n) is 5.93. The predicted molar refractivity (Wildman–Crippen MR) is 107 cm³/mol. The third-order valence-electron chi connectivity index (χ3n) is 3.95. The van der Waals surface area contributed by atoms with Crippen LogP contribution in [0.5, 0.6) is 0 Å². The van der Waals surface area contributed by atoms with Gasteiger partial charge in [-0.3, -0.25) is 9.59 Å². The number of rotatable bonds is 4. The summed E-state index contributed by atoms with van der Waals surface area (Å²) in [6.45, 7) is 1.82. The number of nitrogens with zero attached hydrogens (tertiary/aromatic N) is 2. The van der Waals surface area contributed by atoms with E-state index >= 15 is 0 Å². The van der Waals surface area contributed by atoms with Gasteiger partial charge in [-0.05, 0) is 55.0 Å². The summed E-state index contributed by atoms with van der Waals surface area (Å²) in [6.07, 6.45) is 0. The minimum absolute atomic E-state index is 0.0632. The van der Waals surface area contributed by atoms with E-state index in [1.807, 2.05) is 13.0 Å². The zero-order valence-corrected chi connectivity index (χ0v) is 15.6. The number of carbonyl (C=O) groups is 2. The Bertz CT molecular complexity index is 1110. The van der Waals surface area contributed by atoms with Crippen molar-refractivity contribution in [1.82, 2.24) is 4.98 Å².